The maximum absolute atomic E-state index is 12.4. The molecule has 0 radical (unpaired) electrons. The van der Waals surface area contributed by atoms with E-state index in [1.54, 1.807) is 27.1 Å². The summed E-state index contributed by atoms with van der Waals surface area (Å²) in [6, 6.07) is 4.22. The summed E-state index contributed by atoms with van der Waals surface area (Å²) < 4.78 is 13.6. The van der Waals surface area contributed by atoms with Gasteiger partial charge in [0.2, 0.25) is 0 Å². The largest absolute Gasteiger partial charge is 0.377 e. The number of hydrogen-bond acceptors (Lipinski definition) is 6. The predicted molar refractivity (Wildman–Crippen MR) is 94.7 cm³/mol. The van der Waals surface area contributed by atoms with E-state index in [1.165, 1.54) is 4.88 Å². The minimum atomic E-state index is -0.502. The van der Waals surface area contributed by atoms with Gasteiger partial charge in [-0.1, -0.05) is 6.07 Å². The quantitative estimate of drug-likeness (QED) is 0.819. The Morgan fingerprint density at radius 3 is 3.08 bits per heavy atom. The minimum Gasteiger partial charge on any atom is -0.377 e. The first-order valence-electron chi connectivity index (χ1n) is 8.39. The molecule has 2 saturated heterocycles. The summed E-state index contributed by atoms with van der Waals surface area (Å²) in [4.78, 5) is 17.8. The highest BCUT2D eigenvalue weighted by Crippen LogP contribution is 2.27. The summed E-state index contributed by atoms with van der Waals surface area (Å²) in [5.41, 5.74) is 0.307. The maximum Gasteiger partial charge on any atom is 0.253 e. The Balaban J connectivity index is 1.53. The van der Waals surface area contributed by atoms with Gasteiger partial charge in [0, 0.05) is 37.8 Å². The van der Waals surface area contributed by atoms with Crippen LogP contribution in [0.4, 0.5) is 5.69 Å². The Bertz CT molecular complexity index is 732. The monoisotopic (exact) mass is 362 g/mol. The van der Waals surface area contributed by atoms with E-state index in [0.29, 0.717) is 19.8 Å². The zero-order valence-corrected chi connectivity index (χ0v) is 15.1. The van der Waals surface area contributed by atoms with E-state index in [-0.39, 0.29) is 12.5 Å². The molecule has 2 aromatic rings. The number of anilines is 1. The van der Waals surface area contributed by atoms with Crippen LogP contribution in [0.2, 0.25) is 0 Å². The van der Waals surface area contributed by atoms with E-state index in [9.17, 15) is 4.79 Å². The lowest BCUT2D eigenvalue weighted by molar-refractivity contribution is -0.146. The highest BCUT2D eigenvalue weighted by molar-refractivity contribution is 7.09. The number of morpholine rings is 1. The second kappa shape index (κ2) is 6.87. The number of thiophene rings is 1. The molecule has 4 rings (SSSR count). The highest BCUT2D eigenvalue weighted by atomic mass is 32.1. The topological polar surface area (TPSA) is 59.8 Å². The molecule has 8 heteroatoms. The Hall–Kier alpha value is -1.74. The number of ether oxygens (including phenoxy) is 2. The van der Waals surface area contributed by atoms with Crippen LogP contribution in [0.25, 0.3) is 0 Å². The van der Waals surface area contributed by atoms with Crippen LogP contribution >= 0.6 is 11.3 Å². The zero-order valence-electron chi connectivity index (χ0n) is 14.3. The fourth-order valence-electron chi connectivity index (χ4n) is 3.42. The number of hydrogen-bond donors (Lipinski definition) is 0. The summed E-state index contributed by atoms with van der Waals surface area (Å²) in [6.07, 6.45) is 3.58. The van der Waals surface area contributed by atoms with Gasteiger partial charge in [0.05, 0.1) is 31.6 Å². The van der Waals surface area contributed by atoms with Gasteiger partial charge in [-0.25, -0.2) is 0 Å². The third-order valence-electron chi connectivity index (χ3n) is 4.64. The van der Waals surface area contributed by atoms with Crippen LogP contribution in [0, 0.1) is 0 Å². The van der Waals surface area contributed by atoms with Crippen LogP contribution in [0.3, 0.4) is 0 Å². The second-order valence-corrected chi connectivity index (χ2v) is 7.70. The molecule has 2 aliphatic rings. The van der Waals surface area contributed by atoms with Gasteiger partial charge in [0.25, 0.3) is 5.91 Å². The Morgan fingerprint density at radius 2 is 2.32 bits per heavy atom. The first-order valence-corrected chi connectivity index (χ1v) is 9.27. The molecule has 0 N–H and O–H groups in total. The molecule has 1 amide bonds. The van der Waals surface area contributed by atoms with Crippen LogP contribution in [-0.4, -0.2) is 65.6 Å². The van der Waals surface area contributed by atoms with E-state index in [1.807, 2.05) is 13.2 Å². The van der Waals surface area contributed by atoms with Crippen molar-refractivity contribution < 1.29 is 14.3 Å². The third kappa shape index (κ3) is 3.62. The van der Waals surface area contributed by atoms with Crippen LogP contribution in [-0.2, 0) is 27.9 Å². The van der Waals surface area contributed by atoms with Crippen LogP contribution in [0.5, 0.6) is 0 Å². The standard InChI is InChI=1S/C17H22N4O3S/c1-19-8-14(7-18-19)21-12-17(24-10-16(21)22)11-20(4-5-23-13-17)9-15-3-2-6-25-15/h2-3,6-8H,4-5,9-13H2,1H3/t17-/m1/s1. The van der Waals surface area contributed by atoms with Crippen molar-refractivity contribution in [2.24, 2.45) is 7.05 Å². The number of aromatic nitrogens is 2. The van der Waals surface area contributed by atoms with Crippen LogP contribution < -0.4 is 4.90 Å². The molecule has 134 valence electrons. The number of rotatable bonds is 3. The van der Waals surface area contributed by atoms with Crippen molar-refractivity contribution in [2.75, 3.05) is 44.4 Å². The zero-order chi connectivity index (χ0) is 17.3. The van der Waals surface area contributed by atoms with Gasteiger partial charge in [-0.15, -0.1) is 11.3 Å². The fourth-order valence-corrected chi connectivity index (χ4v) is 4.17. The van der Waals surface area contributed by atoms with Crippen LogP contribution in [0.15, 0.2) is 29.9 Å². The van der Waals surface area contributed by atoms with Crippen molar-refractivity contribution in [1.82, 2.24) is 14.7 Å². The van der Waals surface area contributed by atoms with Crippen molar-refractivity contribution in [2.45, 2.75) is 12.1 Å². The van der Waals surface area contributed by atoms with Crippen molar-refractivity contribution in [3.05, 3.63) is 34.8 Å². The Labute approximate surface area is 150 Å². The lowest BCUT2D eigenvalue weighted by atomic mass is 10.0. The molecule has 0 aliphatic carbocycles. The third-order valence-corrected chi connectivity index (χ3v) is 5.50. The molecule has 4 heterocycles. The summed E-state index contributed by atoms with van der Waals surface area (Å²) in [5, 5.41) is 6.28. The van der Waals surface area contributed by atoms with Gasteiger partial charge in [0.15, 0.2) is 0 Å². The summed E-state index contributed by atoms with van der Waals surface area (Å²) in [6.45, 7) is 4.23. The van der Waals surface area contributed by atoms with Gasteiger partial charge >= 0.3 is 0 Å². The van der Waals surface area contributed by atoms with E-state index in [2.05, 4.69) is 27.5 Å². The van der Waals surface area contributed by atoms with Crippen LogP contribution in [0.1, 0.15) is 4.88 Å². The normalized spacial score (nSPS) is 25.5. The summed E-state index contributed by atoms with van der Waals surface area (Å²) in [7, 11) is 1.85. The highest BCUT2D eigenvalue weighted by Gasteiger charge is 2.43. The van der Waals surface area contributed by atoms with Gasteiger partial charge in [0.1, 0.15) is 12.2 Å². The van der Waals surface area contributed by atoms with Gasteiger partial charge in [-0.3, -0.25) is 14.4 Å². The number of amides is 1. The first-order chi connectivity index (χ1) is 12.1. The van der Waals surface area contributed by atoms with Gasteiger partial charge in [-0.05, 0) is 11.4 Å². The average Bonchev–Trinajstić information content (AvgIpc) is 3.21. The molecule has 0 bridgehead atoms. The second-order valence-electron chi connectivity index (χ2n) is 6.67. The average molecular weight is 362 g/mol. The minimum absolute atomic E-state index is 0.0346. The molecular formula is C17H22N4O3S. The van der Waals surface area contributed by atoms with E-state index in [0.717, 1.165) is 25.3 Å². The van der Waals surface area contributed by atoms with E-state index < -0.39 is 5.60 Å². The molecule has 2 aromatic heterocycles. The number of nitrogens with zero attached hydrogens (tertiary/aromatic N) is 4. The molecule has 2 aliphatic heterocycles. The van der Waals surface area contributed by atoms with Gasteiger partial charge < -0.3 is 14.4 Å². The molecule has 2 fully saturated rings. The van der Waals surface area contributed by atoms with E-state index in [4.69, 9.17) is 9.47 Å². The molecule has 25 heavy (non-hydrogen) atoms. The lowest BCUT2D eigenvalue weighted by Gasteiger charge is -2.42. The molecular weight excluding hydrogens is 340 g/mol. The number of aryl methyl sites for hydroxylation is 1. The predicted octanol–water partition coefficient (Wildman–Crippen LogP) is 1.12. The maximum atomic E-state index is 12.4. The summed E-state index contributed by atoms with van der Waals surface area (Å²) >= 11 is 1.76. The van der Waals surface area contributed by atoms with Crippen molar-refractivity contribution >= 4 is 22.9 Å². The van der Waals surface area contributed by atoms with Gasteiger partial charge in [-0.2, -0.15) is 5.10 Å². The SMILES string of the molecule is Cn1cc(N2C[C@]3(COCCN(Cc4cccs4)C3)OCC2=O)cn1. The molecule has 0 saturated carbocycles. The molecule has 1 atom stereocenters. The summed E-state index contributed by atoms with van der Waals surface area (Å²) in [5.74, 6) is -0.0346. The number of carbonyl (C=O) groups is 1. The first kappa shape index (κ1) is 16.7. The van der Waals surface area contributed by atoms with E-state index >= 15 is 0 Å². The molecule has 7 nitrogen and oxygen atoms in total. The lowest BCUT2D eigenvalue weighted by Crippen LogP contribution is -2.60. The Kier molecular flexibility index (Phi) is 4.60. The number of carbonyl (C=O) groups excluding carboxylic acids is 1. The Morgan fingerprint density at radius 1 is 1.40 bits per heavy atom. The molecule has 1 spiro atoms. The van der Waals surface area contributed by atoms with Crippen molar-refractivity contribution in [3.8, 4) is 0 Å². The smallest absolute Gasteiger partial charge is 0.253 e. The fraction of sp³-hybridized carbons (Fsp3) is 0.529. The van der Waals surface area contributed by atoms with Crippen molar-refractivity contribution in [1.29, 1.82) is 0 Å². The van der Waals surface area contributed by atoms with Crippen molar-refractivity contribution in [3.63, 3.8) is 0 Å². The molecule has 0 unspecified atom stereocenters. The molecule has 0 aromatic carbocycles.